The van der Waals surface area contributed by atoms with Crippen LogP contribution in [0.1, 0.15) is 12.8 Å². The lowest BCUT2D eigenvalue weighted by atomic mass is 10.2. The zero-order valence-corrected chi connectivity index (χ0v) is 10.1. The third-order valence-corrected chi connectivity index (χ3v) is 4.34. The molecule has 0 aliphatic heterocycles. The van der Waals surface area contributed by atoms with Crippen LogP contribution in [0, 0.1) is 5.92 Å². The first-order chi connectivity index (χ1) is 7.53. The Morgan fingerprint density at radius 2 is 2.31 bits per heavy atom. The Bertz CT molecular complexity index is 462. The van der Waals surface area contributed by atoms with Gasteiger partial charge in [-0.15, -0.1) is 0 Å². The van der Waals surface area contributed by atoms with Gasteiger partial charge in [-0.1, -0.05) is 0 Å². The van der Waals surface area contributed by atoms with E-state index in [0.717, 1.165) is 12.8 Å². The summed E-state index contributed by atoms with van der Waals surface area (Å²) in [5.74, 6) is 0.420. The predicted molar refractivity (Wildman–Crippen MR) is 61.3 cm³/mol. The monoisotopic (exact) mass is 243 g/mol. The second kappa shape index (κ2) is 4.20. The Kier molecular flexibility index (Phi) is 3.05. The number of aryl methyl sites for hydroxylation is 1. The van der Waals surface area contributed by atoms with Gasteiger partial charge in [0.1, 0.15) is 0 Å². The Labute approximate surface area is 95.7 Å². The smallest absolute Gasteiger partial charge is 0.242 e. The van der Waals surface area contributed by atoms with Gasteiger partial charge in [-0.3, -0.25) is 0 Å². The third kappa shape index (κ3) is 2.45. The largest absolute Gasteiger partial charge is 0.356 e. The molecule has 1 aliphatic carbocycles. The van der Waals surface area contributed by atoms with Crippen molar-refractivity contribution in [1.82, 2.24) is 9.29 Å². The van der Waals surface area contributed by atoms with Gasteiger partial charge in [-0.2, -0.15) is 0 Å². The summed E-state index contributed by atoms with van der Waals surface area (Å²) >= 11 is 0. The molecule has 1 aromatic heterocycles. The van der Waals surface area contributed by atoms with E-state index in [1.165, 1.54) is 0 Å². The number of rotatable bonds is 5. The molecule has 0 bridgehead atoms. The zero-order chi connectivity index (χ0) is 11.8. The minimum Gasteiger partial charge on any atom is -0.356 e. The van der Waals surface area contributed by atoms with E-state index in [1.807, 2.05) is 0 Å². The number of aromatic nitrogens is 1. The maximum Gasteiger partial charge on any atom is 0.242 e. The number of sulfonamides is 1. The highest BCUT2D eigenvalue weighted by Gasteiger charge is 2.33. The second-order valence-electron chi connectivity index (χ2n) is 4.31. The van der Waals surface area contributed by atoms with Crippen LogP contribution in [0.25, 0.3) is 0 Å². The molecule has 1 atom stereocenters. The first kappa shape index (κ1) is 11.6. The first-order valence-corrected chi connectivity index (χ1v) is 6.85. The standard InChI is InChI=1S/C10H17N3O2S/c1-13-5-4-9(7-13)16(14,15)12-10(6-11)8-2-3-8/h4-5,7-8,10,12H,2-3,6,11H2,1H3. The number of hydrogen-bond acceptors (Lipinski definition) is 3. The molecule has 1 aromatic rings. The summed E-state index contributed by atoms with van der Waals surface area (Å²) in [7, 11) is -1.61. The van der Waals surface area contributed by atoms with E-state index in [9.17, 15) is 8.42 Å². The molecule has 2 rings (SSSR count). The summed E-state index contributed by atoms with van der Waals surface area (Å²) in [6.07, 6.45) is 5.43. The van der Waals surface area contributed by atoms with Gasteiger partial charge in [-0.05, 0) is 24.8 Å². The lowest BCUT2D eigenvalue weighted by Gasteiger charge is -2.15. The second-order valence-corrected chi connectivity index (χ2v) is 6.03. The van der Waals surface area contributed by atoms with Crippen LogP contribution in [0.3, 0.4) is 0 Å². The van der Waals surface area contributed by atoms with E-state index in [2.05, 4.69) is 4.72 Å². The molecule has 1 aliphatic rings. The van der Waals surface area contributed by atoms with Crippen molar-refractivity contribution in [3.8, 4) is 0 Å². The van der Waals surface area contributed by atoms with E-state index in [1.54, 1.807) is 30.1 Å². The van der Waals surface area contributed by atoms with Crippen LogP contribution in [-0.2, 0) is 17.1 Å². The van der Waals surface area contributed by atoms with Crippen LogP contribution in [0.5, 0.6) is 0 Å². The van der Waals surface area contributed by atoms with Gasteiger partial charge < -0.3 is 10.3 Å². The molecule has 1 heterocycles. The molecular formula is C10H17N3O2S. The van der Waals surface area contributed by atoms with E-state index in [-0.39, 0.29) is 6.04 Å². The van der Waals surface area contributed by atoms with Crippen LogP contribution in [0.15, 0.2) is 23.4 Å². The molecule has 3 N–H and O–H groups in total. The average Bonchev–Trinajstić information content (AvgIpc) is 2.97. The van der Waals surface area contributed by atoms with E-state index in [0.29, 0.717) is 17.4 Å². The molecule has 5 nitrogen and oxygen atoms in total. The topological polar surface area (TPSA) is 77.1 Å². The quantitative estimate of drug-likeness (QED) is 0.766. The van der Waals surface area contributed by atoms with E-state index >= 15 is 0 Å². The Morgan fingerprint density at radius 3 is 2.75 bits per heavy atom. The fourth-order valence-electron chi connectivity index (χ4n) is 1.74. The minimum absolute atomic E-state index is 0.120. The molecule has 0 spiro atoms. The van der Waals surface area contributed by atoms with Gasteiger partial charge >= 0.3 is 0 Å². The molecule has 0 amide bonds. The van der Waals surface area contributed by atoms with Crippen molar-refractivity contribution in [2.45, 2.75) is 23.8 Å². The summed E-state index contributed by atoms with van der Waals surface area (Å²) in [4.78, 5) is 0.300. The van der Waals surface area contributed by atoms with Crippen LogP contribution in [-0.4, -0.2) is 25.6 Å². The summed E-state index contributed by atoms with van der Waals surface area (Å²) < 4.78 is 28.3. The van der Waals surface area contributed by atoms with Gasteiger partial charge in [0.25, 0.3) is 0 Å². The Balaban J connectivity index is 2.12. The van der Waals surface area contributed by atoms with Crippen molar-refractivity contribution >= 4 is 10.0 Å². The molecular weight excluding hydrogens is 226 g/mol. The fourth-order valence-corrected chi connectivity index (χ4v) is 3.11. The lowest BCUT2D eigenvalue weighted by Crippen LogP contribution is -2.41. The SMILES string of the molecule is Cn1ccc(S(=O)(=O)NC(CN)C2CC2)c1. The summed E-state index contributed by atoms with van der Waals surface area (Å²) in [5, 5.41) is 0. The van der Waals surface area contributed by atoms with Gasteiger partial charge in [0, 0.05) is 32.0 Å². The Hall–Kier alpha value is -0.850. The minimum atomic E-state index is -3.41. The van der Waals surface area contributed by atoms with Crippen LogP contribution in [0.4, 0.5) is 0 Å². The molecule has 1 fully saturated rings. The lowest BCUT2D eigenvalue weighted by molar-refractivity contribution is 0.519. The van der Waals surface area contributed by atoms with Crippen molar-refractivity contribution < 1.29 is 8.42 Å². The fraction of sp³-hybridized carbons (Fsp3) is 0.600. The maximum absolute atomic E-state index is 12.0. The number of nitrogens with zero attached hydrogens (tertiary/aromatic N) is 1. The zero-order valence-electron chi connectivity index (χ0n) is 9.26. The van der Waals surface area contributed by atoms with Crippen molar-refractivity contribution in [3.05, 3.63) is 18.5 Å². The number of nitrogens with one attached hydrogen (secondary N) is 1. The maximum atomic E-state index is 12.0. The van der Waals surface area contributed by atoms with Gasteiger partial charge in [0.15, 0.2) is 0 Å². The van der Waals surface area contributed by atoms with Crippen LogP contribution >= 0.6 is 0 Å². The Morgan fingerprint density at radius 1 is 1.62 bits per heavy atom. The molecule has 0 saturated heterocycles. The highest BCUT2D eigenvalue weighted by atomic mass is 32.2. The van der Waals surface area contributed by atoms with Gasteiger partial charge in [0.05, 0.1) is 4.90 Å². The van der Waals surface area contributed by atoms with Gasteiger partial charge in [-0.25, -0.2) is 13.1 Å². The van der Waals surface area contributed by atoms with Crippen LogP contribution < -0.4 is 10.5 Å². The van der Waals surface area contributed by atoms with Crippen molar-refractivity contribution in [1.29, 1.82) is 0 Å². The number of nitrogens with two attached hydrogens (primary N) is 1. The van der Waals surface area contributed by atoms with Crippen molar-refractivity contribution in [2.24, 2.45) is 18.7 Å². The summed E-state index contributed by atoms with van der Waals surface area (Å²) in [6.45, 7) is 0.358. The molecule has 6 heteroatoms. The molecule has 0 aromatic carbocycles. The van der Waals surface area contributed by atoms with Crippen molar-refractivity contribution in [3.63, 3.8) is 0 Å². The molecule has 16 heavy (non-hydrogen) atoms. The molecule has 1 saturated carbocycles. The van der Waals surface area contributed by atoms with E-state index < -0.39 is 10.0 Å². The highest BCUT2D eigenvalue weighted by molar-refractivity contribution is 7.89. The average molecular weight is 243 g/mol. The highest BCUT2D eigenvalue weighted by Crippen LogP contribution is 2.32. The molecule has 0 radical (unpaired) electrons. The summed E-state index contributed by atoms with van der Waals surface area (Å²) in [6, 6.07) is 1.47. The summed E-state index contributed by atoms with van der Waals surface area (Å²) in [5.41, 5.74) is 5.57. The predicted octanol–water partition coefficient (Wildman–Crippen LogP) is 0.0407. The van der Waals surface area contributed by atoms with Crippen LogP contribution in [0.2, 0.25) is 0 Å². The van der Waals surface area contributed by atoms with E-state index in [4.69, 9.17) is 5.73 Å². The third-order valence-electron chi connectivity index (χ3n) is 2.87. The first-order valence-electron chi connectivity index (χ1n) is 5.37. The van der Waals surface area contributed by atoms with Crippen molar-refractivity contribution in [2.75, 3.05) is 6.54 Å². The number of hydrogen-bond donors (Lipinski definition) is 2. The van der Waals surface area contributed by atoms with Gasteiger partial charge in [0.2, 0.25) is 10.0 Å². The normalized spacial score (nSPS) is 18.6. The molecule has 90 valence electrons. The molecule has 1 unspecified atom stereocenters.